The zero-order chi connectivity index (χ0) is 48.5. The van der Waals surface area contributed by atoms with Crippen LogP contribution >= 0.6 is 7.82 Å². The summed E-state index contributed by atoms with van der Waals surface area (Å²) >= 11 is 0. The summed E-state index contributed by atoms with van der Waals surface area (Å²) in [6, 6.07) is 43.0. The molecular formula is C48H44Cu2Mo12N9O48P-70. The van der Waals surface area contributed by atoms with Crippen LogP contribution in [-0.2, 0) is 519 Å². The van der Waals surface area contributed by atoms with Gasteiger partial charge in [0.05, 0.1) is 53.8 Å². The average Bonchev–Trinajstić information content (AvgIpc) is 1.76. The maximum absolute atomic E-state index is 10.8. The summed E-state index contributed by atoms with van der Waals surface area (Å²) in [6.07, 6.45) is 10.8. The van der Waals surface area contributed by atoms with Crippen LogP contribution in [0.5, 0.6) is 0 Å². The van der Waals surface area contributed by atoms with Crippen LogP contribution in [0.15, 0.2) is 183 Å². The molecule has 0 fully saturated rings. The summed E-state index contributed by atoms with van der Waals surface area (Å²) in [5.41, 5.74) is 8.63. The van der Waals surface area contributed by atoms with Crippen LogP contribution in [0.1, 0.15) is 47.8 Å². The molecular weight excluding hydrogens is 2780 g/mol. The van der Waals surface area contributed by atoms with Crippen molar-refractivity contribution < 1.29 is 544 Å². The number of rotatable bonds is 12. The number of hydrogen-bond acceptors (Lipinski definition) is 14. The summed E-state index contributed by atoms with van der Waals surface area (Å²) < 4.78 is 13.9. The molecule has 738 valence electrons. The topological polar surface area (TPSA) is 1390 Å². The third kappa shape index (κ3) is 117. The van der Waals surface area contributed by atoms with Gasteiger partial charge < -0.3 is 247 Å². The first-order valence-electron chi connectivity index (χ1n) is 20.2. The quantitative estimate of drug-likeness (QED) is 0.0742. The number of carbonyl (C=O) groups excluding carboxylic acids is 1. The summed E-state index contributed by atoms with van der Waals surface area (Å²) in [5.74, 6) is -3.01. The molecule has 3 aromatic carbocycles. The predicted molar refractivity (Wildman–Crippen MR) is 273 cm³/mol. The Bertz CT molecular complexity index is 2880. The molecule has 0 spiro atoms. The van der Waals surface area contributed by atoms with Crippen molar-refractivity contribution in [1.82, 2.24) is 44.3 Å². The van der Waals surface area contributed by atoms with Crippen LogP contribution in [0, 0.1) is 0 Å². The van der Waals surface area contributed by atoms with Crippen LogP contribution in [-0.4, -0.2) is 72.4 Å². The molecule has 0 saturated carbocycles. The first-order chi connectivity index (χ1) is 32.7. The third-order valence-electron chi connectivity index (χ3n) is 9.33. The molecule has 0 amide bonds. The Morgan fingerprint density at radius 3 is 0.567 bits per heavy atom. The number of pyridine rings is 3. The maximum Gasteiger partial charge on any atom is 2.00 e. The molecule has 120 heavy (non-hydrogen) atoms. The summed E-state index contributed by atoms with van der Waals surface area (Å²) in [6.45, 7) is 1.75. The predicted octanol–water partition coefficient (Wildman–Crippen LogP) is -2.24. The third-order valence-corrected chi connectivity index (χ3v) is 9.33. The molecule has 0 aliphatic heterocycles. The van der Waals surface area contributed by atoms with Crippen molar-refractivity contribution in [3.63, 3.8) is 0 Å². The van der Waals surface area contributed by atoms with E-state index in [1.54, 1.807) is 93.3 Å². The Morgan fingerprint density at radius 1 is 0.275 bits per heavy atom. The minimum absolute atomic E-state index is 0. The van der Waals surface area contributed by atoms with E-state index in [1.165, 1.54) is 12.1 Å². The van der Waals surface area contributed by atoms with E-state index < -0.39 is 25.7 Å². The zero-order valence-electron chi connectivity index (χ0n) is 56.9. The van der Waals surface area contributed by atoms with Gasteiger partial charge in [0.2, 0.25) is 0 Å². The van der Waals surface area contributed by atoms with E-state index in [4.69, 9.17) is 29.5 Å². The van der Waals surface area contributed by atoms with Crippen molar-refractivity contribution in [1.29, 1.82) is 0 Å². The van der Waals surface area contributed by atoms with Gasteiger partial charge >= 0.3 is 46.1 Å². The number of aromatic nitrogens is 9. The van der Waals surface area contributed by atoms with Gasteiger partial charge in [-0.2, -0.15) is 23.1 Å². The summed E-state index contributed by atoms with van der Waals surface area (Å²) in [4.78, 5) is 70.7. The smallest absolute Gasteiger partial charge is 2.00 e. The van der Waals surface area contributed by atoms with Crippen molar-refractivity contribution in [2.24, 2.45) is 0 Å². The molecule has 9 aromatic rings. The Labute approximate surface area is 873 Å². The van der Waals surface area contributed by atoms with Crippen molar-refractivity contribution in [2.75, 3.05) is 0 Å². The number of carboxylic acids is 3. The molecule has 6 aromatic heterocycles. The van der Waals surface area contributed by atoms with Gasteiger partial charge in [0.15, 0.2) is 0 Å². The molecule has 57 nitrogen and oxygen atoms in total. The van der Waals surface area contributed by atoms with Crippen LogP contribution in [0.4, 0.5) is 0 Å². The Balaban J connectivity index is -0.0000000119. The van der Waals surface area contributed by atoms with Gasteiger partial charge in [0, 0.05) is 290 Å². The van der Waals surface area contributed by atoms with E-state index in [1.807, 2.05) is 91.4 Å². The molecule has 0 saturated heterocycles. The van der Waals surface area contributed by atoms with Crippen LogP contribution in [0.2, 0.25) is 0 Å². The standard InChI is InChI=1S/3C16H13N3O2.2Cu.12Mo.H3O4P.2H2O.36O/c3*20-16(21)13-6-4-12(5-7-13)11-19-10-8-15(18-19)14-3-1-2-9-17-14;;;;;;;;;;;;;;;1-5(2,3)4;;;;;;;;;;;;;;;;;;;;;;;;;;;;;;;;;;;;;;/h3*1-10H,11H2,(H,20,21);;;;;;;;;;;;;;;(H3,1,2,3,4);2*1H2;;;;;;;;;;;;;;;;;;;;;;;;;;;;;;;;;;;;/q;;;2*+2;;;;;;;;;;;;;;;;36*-2/p-2. The average molecular weight is 2820 g/mol. The van der Waals surface area contributed by atoms with Gasteiger partial charge in [-0.3, -0.25) is 29.0 Å². The second-order valence-corrected chi connectivity index (χ2v) is 15.2. The number of hydrogen-bond donors (Lipinski definition) is 2. The molecule has 0 unspecified atom stereocenters. The van der Waals surface area contributed by atoms with Crippen LogP contribution < -0.4 is 19.8 Å². The Morgan fingerprint density at radius 2 is 0.433 bits per heavy atom. The van der Waals surface area contributed by atoms with Gasteiger partial charge in [-0.15, -0.1) is 0 Å². The fourth-order valence-electron chi connectivity index (χ4n) is 6.11. The number of carbonyl (C=O) groups is 3. The largest absolute Gasteiger partial charge is 2.00 e. The molecule has 6 heterocycles. The minimum Gasteiger partial charge on any atom is -2.00 e. The normalized spacial score (nSPS) is 5.99. The summed E-state index contributed by atoms with van der Waals surface area (Å²) in [5, 5.41) is 41.8. The van der Waals surface area contributed by atoms with E-state index in [0.717, 1.165) is 50.9 Å². The fourth-order valence-corrected chi connectivity index (χ4v) is 6.11. The second kappa shape index (κ2) is 168. The minimum atomic E-state index is -5.39. The molecule has 0 atom stereocenters. The molecule has 72 heteroatoms. The SMILES string of the molecule is O=C(O)c1ccc(Cn2ccc(-c3ccccn3)n2)cc1.O=C(O)c1ccc(Cn2ccc(-c3ccccn3)n2)cc1.O=C([O-])c1ccc(Cn2ccc(-c3ccccn3)n2)cc1.O=P([O-])([O-])[O-].[Cu+2].[Cu+2].[Mo].[Mo].[Mo].[Mo].[Mo].[Mo].[Mo].[Mo].[Mo].[Mo].[Mo].[Mo].[O-2].[O-2].[O-2].[O-2].[O-2].[O-2].[O-2].[O-2].[O-2].[O-2].[O-2].[O-2].[O-2].[O-2].[O-2].[O-2].[O-2].[O-2].[O-2].[O-2].[O-2].[O-2].[O-2].[O-2].[O-2].[O-2].[O-2].[O-2].[O-2].[O-2].[O-2].[O-2].[O-2].[O-2].[O-2].[O-2].[OH3+].[OH3+]. The summed E-state index contributed by atoms with van der Waals surface area (Å²) in [7, 11) is -5.39. The Kier molecular flexibility index (Phi) is 448. The van der Waals surface area contributed by atoms with Gasteiger partial charge in [-0.25, -0.2) is 9.59 Å². The zero-order valence-corrected chi connectivity index (χ0v) is 83.8. The molecule has 0 bridgehead atoms. The molecule has 8 N–H and O–H groups in total. The van der Waals surface area contributed by atoms with E-state index in [2.05, 4.69) is 30.2 Å². The van der Waals surface area contributed by atoms with Gasteiger partial charge in [-0.1, -0.05) is 66.7 Å². The molecule has 9 rings (SSSR count). The van der Waals surface area contributed by atoms with E-state index in [9.17, 15) is 19.5 Å². The number of aromatic carboxylic acids is 3. The van der Waals surface area contributed by atoms with E-state index in [-0.39, 0.29) is 512 Å². The van der Waals surface area contributed by atoms with Crippen LogP contribution in [0.25, 0.3) is 34.2 Å². The number of carboxylic acid groups (broad SMARTS) is 3. The number of phosphoric acid groups is 1. The fraction of sp³-hybridized carbons (Fsp3) is 0.0625. The molecule has 0 aliphatic rings. The second-order valence-electron chi connectivity index (χ2n) is 14.3. The molecule has 2 radical (unpaired) electrons. The maximum atomic E-state index is 10.8. The van der Waals surface area contributed by atoms with Crippen molar-refractivity contribution in [2.45, 2.75) is 19.6 Å². The number of benzene rings is 3. The van der Waals surface area contributed by atoms with Crippen molar-refractivity contribution in [3.8, 4) is 34.2 Å². The molecule has 0 aliphatic carbocycles. The number of nitrogens with zero attached hydrogens (tertiary/aromatic N) is 9. The van der Waals surface area contributed by atoms with E-state index >= 15 is 0 Å². The van der Waals surface area contributed by atoms with E-state index in [0.29, 0.717) is 19.6 Å². The Hall–Kier alpha value is -0.961. The van der Waals surface area contributed by atoms with Crippen molar-refractivity contribution in [3.05, 3.63) is 216 Å². The van der Waals surface area contributed by atoms with Gasteiger partial charge in [0.25, 0.3) is 0 Å². The first-order valence-corrected chi connectivity index (χ1v) is 21.7. The van der Waals surface area contributed by atoms with Crippen molar-refractivity contribution >= 4 is 25.7 Å². The van der Waals surface area contributed by atoms with Crippen LogP contribution in [0.3, 0.4) is 0 Å². The van der Waals surface area contributed by atoms with Gasteiger partial charge in [-0.05, 0) is 101 Å². The monoisotopic (exact) mass is 2850 g/mol. The first kappa shape index (κ1) is 320. The van der Waals surface area contributed by atoms with Gasteiger partial charge in [0.1, 0.15) is 17.1 Å².